The molecule has 0 bridgehead atoms. The summed E-state index contributed by atoms with van der Waals surface area (Å²) in [5, 5.41) is 4.11. The quantitative estimate of drug-likeness (QED) is 0.637. The van der Waals surface area contributed by atoms with Crippen LogP contribution < -0.4 is 5.32 Å². The molecule has 0 fully saturated rings. The van der Waals surface area contributed by atoms with Gasteiger partial charge in [-0.15, -0.1) is 0 Å². The molecule has 0 aliphatic carbocycles. The first-order valence-corrected chi connectivity index (χ1v) is 8.19. The van der Waals surface area contributed by atoms with Crippen molar-refractivity contribution in [3.05, 3.63) is 67.9 Å². The average Bonchev–Trinajstić information content (AvgIpc) is 2.47. The number of likely N-dealkylation sites (N-methyl/N-ethyl adjacent to an activating group) is 1. The van der Waals surface area contributed by atoms with Crippen LogP contribution in [-0.2, 0) is 6.42 Å². The van der Waals surface area contributed by atoms with Crippen molar-refractivity contribution in [2.24, 2.45) is 0 Å². The van der Waals surface area contributed by atoms with Crippen molar-refractivity contribution in [2.45, 2.75) is 19.4 Å². The third-order valence-electron chi connectivity index (χ3n) is 3.24. The van der Waals surface area contributed by atoms with Gasteiger partial charge >= 0.3 is 0 Å². The van der Waals surface area contributed by atoms with E-state index in [2.05, 4.69) is 21.2 Å². The minimum Gasteiger partial charge on any atom is -0.310 e. The van der Waals surface area contributed by atoms with Crippen LogP contribution in [0.1, 0.15) is 24.1 Å². The number of hydrogen-bond donors (Lipinski definition) is 1. The fourth-order valence-corrected chi connectivity index (χ4v) is 2.81. The molecule has 0 aromatic heterocycles. The third-order valence-corrected chi connectivity index (χ3v) is 4.75. The summed E-state index contributed by atoms with van der Waals surface area (Å²) in [6.07, 6.45) is 0.667. The van der Waals surface area contributed by atoms with E-state index < -0.39 is 0 Å². The molecule has 2 aromatic rings. The zero-order valence-electron chi connectivity index (χ0n) is 11.5. The van der Waals surface area contributed by atoms with Gasteiger partial charge in [0, 0.05) is 21.1 Å². The number of nitrogens with one attached hydrogen (secondary N) is 1. The SMILES string of the molecule is CCNC(Cc1ccc(Cl)cc1)c1ccc(Br)c(Cl)c1F. The minimum atomic E-state index is -0.383. The van der Waals surface area contributed by atoms with E-state index in [1.807, 2.05) is 31.2 Å². The third kappa shape index (κ3) is 4.19. The van der Waals surface area contributed by atoms with Gasteiger partial charge in [-0.3, -0.25) is 0 Å². The highest BCUT2D eigenvalue weighted by Crippen LogP contribution is 2.31. The molecule has 1 unspecified atom stereocenters. The van der Waals surface area contributed by atoms with Crippen LogP contribution in [0.25, 0.3) is 0 Å². The molecule has 0 aliphatic heterocycles. The Morgan fingerprint density at radius 1 is 1.14 bits per heavy atom. The zero-order valence-corrected chi connectivity index (χ0v) is 14.6. The van der Waals surface area contributed by atoms with Crippen LogP contribution >= 0.6 is 39.1 Å². The Kier molecular flexibility index (Phi) is 6.06. The largest absolute Gasteiger partial charge is 0.310 e. The summed E-state index contributed by atoms with van der Waals surface area (Å²) in [5.74, 6) is -0.383. The first-order valence-electron chi connectivity index (χ1n) is 6.64. The first-order chi connectivity index (χ1) is 10.0. The second-order valence-corrected chi connectivity index (χ2v) is 6.37. The van der Waals surface area contributed by atoms with E-state index in [1.54, 1.807) is 12.1 Å². The summed E-state index contributed by atoms with van der Waals surface area (Å²) in [6, 6.07) is 11.0. The second kappa shape index (κ2) is 7.59. The standard InChI is InChI=1S/C16H15BrCl2FN/c1-2-21-14(9-10-3-5-11(18)6-4-10)12-7-8-13(17)15(19)16(12)20/h3-8,14,21H,2,9H2,1H3. The number of rotatable bonds is 5. The van der Waals surface area contributed by atoms with Gasteiger partial charge in [-0.05, 0) is 52.7 Å². The van der Waals surface area contributed by atoms with Gasteiger partial charge < -0.3 is 5.32 Å². The molecule has 21 heavy (non-hydrogen) atoms. The van der Waals surface area contributed by atoms with Crippen molar-refractivity contribution in [1.82, 2.24) is 5.32 Å². The van der Waals surface area contributed by atoms with Crippen LogP contribution in [-0.4, -0.2) is 6.54 Å². The van der Waals surface area contributed by atoms with Crippen LogP contribution in [0.15, 0.2) is 40.9 Å². The van der Waals surface area contributed by atoms with Crippen LogP contribution in [0.2, 0.25) is 10.0 Å². The van der Waals surface area contributed by atoms with Crippen molar-refractivity contribution >= 4 is 39.1 Å². The number of halogens is 4. The Morgan fingerprint density at radius 2 is 1.81 bits per heavy atom. The van der Waals surface area contributed by atoms with Crippen molar-refractivity contribution in [3.63, 3.8) is 0 Å². The van der Waals surface area contributed by atoms with Gasteiger partial charge in [-0.1, -0.05) is 48.3 Å². The Hall–Kier alpha value is -0.610. The molecule has 5 heteroatoms. The van der Waals surface area contributed by atoms with Gasteiger partial charge in [0.25, 0.3) is 0 Å². The van der Waals surface area contributed by atoms with Crippen molar-refractivity contribution in [3.8, 4) is 0 Å². The van der Waals surface area contributed by atoms with Crippen LogP contribution in [0.4, 0.5) is 4.39 Å². The van der Waals surface area contributed by atoms with Gasteiger partial charge in [0.2, 0.25) is 0 Å². The lowest BCUT2D eigenvalue weighted by atomic mass is 9.98. The summed E-state index contributed by atoms with van der Waals surface area (Å²) in [5.41, 5.74) is 1.66. The van der Waals surface area contributed by atoms with E-state index in [-0.39, 0.29) is 16.9 Å². The molecule has 1 nitrogen and oxygen atoms in total. The fourth-order valence-electron chi connectivity index (χ4n) is 2.20. The summed E-state index contributed by atoms with van der Waals surface area (Å²) in [6.45, 7) is 2.73. The van der Waals surface area contributed by atoms with E-state index in [9.17, 15) is 4.39 Å². The summed E-state index contributed by atoms with van der Waals surface area (Å²) < 4.78 is 14.9. The Bertz CT molecular complexity index is 616. The molecule has 1 atom stereocenters. The molecule has 2 rings (SSSR count). The van der Waals surface area contributed by atoms with E-state index in [0.717, 1.165) is 12.1 Å². The van der Waals surface area contributed by atoms with Crippen molar-refractivity contribution in [2.75, 3.05) is 6.54 Å². The van der Waals surface area contributed by atoms with E-state index in [1.165, 1.54) is 0 Å². The van der Waals surface area contributed by atoms with Gasteiger partial charge in [-0.25, -0.2) is 4.39 Å². The highest BCUT2D eigenvalue weighted by Gasteiger charge is 2.19. The average molecular weight is 391 g/mol. The second-order valence-electron chi connectivity index (χ2n) is 4.71. The zero-order chi connectivity index (χ0) is 15.4. The monoisotopic (exact) mass is 389 g/mol. The van der Waals surface area contributed by atoms with Gasteiger partial charge in [0.05, 0.1) is 5.02 Å². The van der Waals surface area contributed by atoms with Crippen LogP contribution in [0.3, 0.4) is 0 Å². The summed E-state index contributed by atoms with van der Waals surface area (Å²) >= 11 is 15.1. The maximum atomic E-state index is 14.4. The molecule has 112 valence electrons. The predicted octanol–water partition coefficient (Wildman–Crippen LogP) is 5.79. The van der Waals surface area contributed by atoms with Gasteiger partial charge in [-0.2, -0.15) is 0 Å². The fraction of sp³-hybridized carbons (Fsp3) is 0.250. The topological polar surface area (TPSA) is 12.0 Å². The molecule has 0 saturated heterocycles. The number of hydrogen-bond acceptors (Lipinski definition) is 1. The molecule has 0 saturated carbocycles. The first kappa shape index (κ1) is 16.8. The Labute approximate surface area is 142 Å². The summed E-state index contributed by atoms with van der Waals surface area (Å²) in [7, 11) is 0. The molecule has 2 aromatic carbocycles. The highest BCUT2D eigenvalue weighted by molar-refractivity contribution is 9.10. The molecule has 0 amide bonds. The van der Waals surface area contributed by atoms with Crippen LogP contribution in [0, 0.1) is 5.82 Å². The van der Waals surface area contributed by atoms with E-state index in [0.29, 0.717) is 21.5 Å². The lowest BCUT2D eigenvalue weighted by Crippen LogP contribution is -2.24. The lowest BCUT2D eigenvalue weighted by molar-refractivity contribution is 0.510. The molecular weight excluding hydrogens is 376 g/mol. The summed E-state index contributed by atoms with van der Waals surface area (Å²) in [4.78, 5) is 0. The molecule has 1 N–H and O–H groups in total. The molecule has 0 radical (unpaired) electrons. The lowest BCUT2D eigenvalue weighted by Gasteiger charge is -2.20. The normalized spacial score (nSPS) is 12.4. The molecular formula is C16H15BrCl2FN. The molecule has 0 aliphatic rings. The molecule has 0 spiro atoms. The van der Waals surface area contributed by atoms with Crippen LogP contribution in [0.5, 0.6) is 0 Å². The van der Waals surface area contributed by atoms with E-state index in [4.69, 9.17) is 23.2 Å². The molecule has 0 heterocycles. The maximum absolute atomic E-state index is 14.4. The number of benzene rings is 2. The van der Waals surface area contributed by atoms with Gasteiger partial charge in [0.15, 0.2) is 0 Å². The van der Waals surface area contributed by atoms with Crippen molar-refractivity contribution in [1.29, 1.82) is 0 Å². The Balaban J connectivity index is 2.30. The highest BCUT2D eigenvalue weighted by atomic mass is 79.9. The smallest absolute Gasteiger partial charge is 0.147 e. The van der Waals surface area contributed by atoms with Gasteiger partial charge in [0.1, 0.15) is 5.82 Å². The van der Waals surface area contributed by atoms with E-state index >= 15 is 0 Å². The van der Waals surface area contributed by atoms with Crippen molar-refractivity contribution < 1.29 is 4.39 Å². The maximum Gasteiger partial charge on any atom is 0.147 e. The minimum absolute atomic E-state index is 0.117. The predicted molar refractivity (Wildman–Crippen MR) is 90.7 cm³/mol. The Morgan fingerprint density at radius 3 is 2.43 bits per heavy atom.